The Morgan fingerprint density at radius 2 is 1.56 bits per heavy atom. The Hall–Kier alpha value is -4.26. The molecule has 7 nitrogen and oxygen atoms in total. The molecule has 2 heterocycles. The fourth-order valence-corrected chi connectivity index (χ4v) is 3.85. The van der Waals surface area contributed by atoms with Crippen molar-refractivity contribution in [3.8, 4) is 11.5 Å². The summed E-state index contributed by atoms with van der Waals surface area (Å²) in [5.74, 6) is -1.07. The number of rotatable bonds is 4. The quantitative estimate of drug-likeness (QED) is 0.489. The van der Waals surface area contributed by atoms with Gasteiger partial charge < -0.3 is 9.73 Å². The minimum absolute atomic E-state index is 0.305. The van der Waals surface area contributed by atoms with Gasteiger partial charge in [-0.2, -0.15) is 0 Å². The van der Waals surface area contributed by atoms with Crippen LogP contribution in [-0.2, 0) is 4.79 Å². The lowest BCUT2D eigenvalue weighted by Crippen LogP contribution is -2.45. The molecule has 0 aliphatic carbocycles. The molecule has 3 aromatic carbocycles. The van der Waals surface area contributed by atoms with E-state index in [1.165, 1.54) is 6.92 Å². The third kappa shape index (κ3) is 3.15. The Morgan fingerprint density at radius 1 is 0.938 bits per heavy atom. The van der Waals surface area contributed by atoms with Crippen LogP contribution in [0.5, 0.6) is 0 Å². The molecular formula is C25H19N3O4. The molecule has 1 aliphatic heterocycles. The number of nitrogens with zero attached hydrogens (tertiary/aromatic N) is 2. The Balaban J connectivity index is 1.43. The van der Waals surface area contributed by atoms with Crippen LogP contribution in [0.3, 0.4) is 0 Å². The van der Waals surface area contributed by atoms with Gasteiger partial charge in [-0.05, 0) is 55.8 Å². The molecule has 4 aromatic rings. The lowest BCUT2D eigenvalue weighted by Gasteiger charge is -2.22. The first-order valence-corrected chi connectivity index (χ1v) is 10.2. The van der Waals surface area contributed by atoms with Crippen molar-refractivity contribution in [3.63, 3.8) is 0 Å². The van der Waals surface area contributed by atoms with Crippen molar-refractivity contribution in [1.29, 1.82) is 0 Å². The number of oxazole rings is 1. The zero-order chi connectivity index (χ0) is 22.4. The molecular weight excluding hydrogens is 406 g/mol. The van der Waals surface area contributed by atoms with Crippen LogP contribution in [-0.4, -0.2) is 33.6 Å². The summed E-state index contributed by atoms with van der Waals surface area (Å²) in [5.41, 5.74) is 4.12. The second-order valence-electron chi connectivity index (χ2n) is 7.73. The first kappa shape index (κ1) is 19.7. The predicted molar refractivity (Wildman–Crippen MR) is 119 cm³/mol. The summed E-state index contributed by atoms with van der Waals surface area (Å²) in [6, 6.07) is 18.4. The maximum absolute atomic E-state index is 13.0. The number of hydrogen-bond donors (Lipinski definition) is 1. The number of para-hydroxylation sites is 1. The van der Waals surface area contributed by atoms with E-state index in [0.29, 0.717) is 33.9 Å². The number of fused-ring (bicyclic) bond motifs is 2. The van der Waals surface area contributed by atoms with Crippen LogP contribution >= 0.6 is 0 Å². The summed E-state index contributed by atoms with van der Waals surface area (Å²) in [7, 11) is 0. The molecule has 7 heteroatoms. The number of benzene rings is 3. The van der Waals surface area contributed by atoms with Gasteiger partial charge in [-0.1, -0.05) is 30.3 Å². The van der Waals surface area contributed by atoms with E-state index in [0.717, 1.165) is 16.0 Å². The Morgan fingerprint density at radius 3 is 2.25 bits per heavy atom. The van der Waals surface area contributed by atoms with E-state index < -0.39 is 23.8 Å². The van der Waals surface area contributed by atoms with Crippen LogP contribution < -0.4 is 5.32 Å². The summed E-state index contributed by atoms with van der Waals surface area (Å²) in [6.07, 6.45) is 0. The SMILES string of the molecule is Cc1ccc2oc(-c3ccccc3NC(=O)C(C)N3C(=O)c4ccccc4C3=O)nc2c1. The highest BCUT2D eigenvalue weighted by atomic mass is 16.3. The molecule has 1 aromatic heterocycles. The molecule has 1 aliphatic rings. The minimum Gasteiger partial charge on any atom is -0.436 e. The molecule has 158 valence electrons. The molecule has 0 spiro atoms. The highest BCUT2D eigenvalue weighted by Crippen LogP contribution is 2.31. The van der Waals surface area contributed by atoms with Crippen LogP contribution in [0.25, 0.3) is 22.6 Å². The Kier molecular flexibility index (Phi) is 4.59. The number of carbonyl (C=O) groups is 3. The third-order valence-corrected chi connectivity index (χ3v) is 5.55. The van der Waals surface area contributed by atoms with Gasteiger partial charge in [0.15, 0.2) is 5.58 Å². The number of aryl methyl sites for hydroxylation is 1. The monoisotopic (exact) mass is 425 g/mol. The first-order valence-electron chi connectivity index (χ1n) is 10.2. The van der Waals surface area contributed by atoms with Crippen molar-refractivity contribution in [3.05, 3.63) is 83.4 Å². The Labute approximate surface area is 183 Å². The van der Waals surface area contributed by atoms with Gasteiger partial charge in [0.25, 0.3) is 11.8 Å². The summed E-state index contributed by atoms with van der Waals surface area (Å²) < 4.78 is 5.89. The zero-order valence-corrected chi connectivity index (χ0v) is 17.5. The van der Waals surface area contributed by atoms with Gasteiger partial charge in [-0.15, -0.1) is 0 Å². The molecule has 0 radical (unpaired) electrons. The number of hydrogen-bond acceptors (Lipinski definition) is 5. The first-order chi connectivity index (χ1) is 15.4. The lowest BCUT2D eigenvalue weighted by atomic mass is 10.1. The van der Waals surface area contributed by atoms with E-state index >= 15 is 0 Å². The Bertz CT molecular complexity index is 1370. The van der Waals surface area contributed by atoms with Crippen LogP contribution in [0.2, 0.25) is 0 Å². The van der Waals surface area contributed by atoms with Crippen molar-refractivity contribution in [2.24, 2.45) is 0 Å². The van der Waals surface area contributed by atoms with E-state index in [9.17, 15) is 14.4 Å². The van der Waals surface area contributed by atoms with E-state index in [1.54, 1.807) is 42.5 Å². The molecule has 1 atom stereocenters. The maximum atomic E-state index is 13.0. The highest BCUT2D eigenvalue weighted by molar-refractivity contribution is 6.23. The van der Waals surface area contributed by atoms with Gasteiger partial charge in [-0.25, -0.2) is 4.98 Å². The number of carbonyl (C=O) groups excluding carboxylic acids is 3. The van der Waals surface area contributed by atoms with Crippen LogP contribution in [0.4, 0.5) is 5.69 Å². The highest BCUT2D eigenvalue weighted by Gasteiger charge is 2.40. The van der Waals surface area contributed by atoms with E-state index in [4.69, 9.17) is 4.42 Å². The van der Waals surface area contributed by atoms with Gasteiger partial charge in [0.05, 0.1) is 22.4 Å². The van der Waals surface area contributed by atoms with E-state index in [1.807, 2.05) is 31.2 Å². The second-order valence-corrected chi connectivity index (χ2v) is 7.73. The molecule has 0 saturated carbocycles. The van der Waals surface area contributed by atoms with Gasteiger partial charge >= 0.3 is 0 Å². The zero-order valence-electron chi connectivity index (χ0n) is 17.5. The fourth-order valence-electron chi connectivity index (χ4n) is 3.85. The molecule has 1 N–H and O–H groups in total. The third-order valence-electron chi connectivity index (χ3n) is 5.55. The van der Waals surface area contributed by atoms with Crippen molar-refractivity contribution in [2.75, 3.05) is 5.32 Å². The predicted octanol–water partition coefficient (Wildman–Crippen LogP) is 4.43. The molecule has 0 saturated heterocycles. The number of aromatic nitrogens is 1. The van der Waals surface area contributed by atoms with Crippen molar-refractivity contribution in [2.45, 2.75) is 19.9 Å². The number of anilines is 1. The number of imide groups is 1. The fraction of sp³-hybridized carbons (Fsp3) is 0.120. The molecule has 32 heavy (non-hydrogen) atoms. The summed E-state index contributed by atoms with van der Waals surface area (Å²) in [6.45, 7) is 3.50. The smallest absolute Gasteiger partial charge is 0.262 e. The number of nitrogens with one attached hydrogen (secondary N) is 1. The normalized spacial score (nSPS) is 14.0. The summed E-state index contributed by atoms with van der Waals surface area (Å²) in [5, 5.41) is 2.82. The molecule has 3 amide bonds. The van der Waals surface area contributed by atoms with E-state index in [-0.39, 0.29) is 0 Å². The van der Waals surface area contributed by atoms with Gasteiger partial charge in [0.1, 0.15) is 11.6 Å². The van der Waals surface area contributed by atoms with Crippen LogP contribution in [0.1, 0.15) is 33.2 Å². The molecule has 1 unspecified atom stereocenters. The maximum Gasteiger partial charge on any atom is 0.262 e. The summed E-state index contributed by atoms with van der Waals surface area (Å²) in [4.78, 5) is 44.0. The second kappa shape index (κ2) is 7.46. The van der Waals surface area contributed by atoms with Crippen molar-refractivity contribution in [1.82, 2.24) is 9.88 Å². The van der Waals surface area contributed by atoms with Gasteiger partial charge in [-0.3, -0.25) is 19.3 Å². The number of amides is 3. The average molecular weight is 425 g/mol. The largest absolute Gasteiger partial charge is 0.436 e. The summed E-state index contributed by atoms with van der Waals surface area (Å²) >= 11 is 0. The molecule has 0 bridgehead atoms. The van der Waals surface area contributed by atoms with Crippen molar-refractivity contribution >= 4 is 34.5 Å². The lowest BCUT2D eigenvalue weighted by molar-refractivity contribution is -0.119. The van der Waals surface area contributed by atoms with Crippen molar-refractivity contribution < 1.29 is 18.8 Å². The van der Waals surface area contributed by atoms with Gasteiger partial charge in [0, 0.05) is 0 Å². The standard InChI is InChI=1S/C25H19N3O4/c1-14-11-12-21-20(13-14)27-23(32-21)18-9-5-6-10-19(18)26-22(29)15(2)28-24(30)16-7-3-4-8-17(16)25(28)31/h3-13,15H,1-2H3,(H,26,29). The van der Waals surface area contributed by atoms with E-state index in [2.05, 4.69) is 10.3 Å². The average Bonchev–Trinajstić information content (AvgIpc) is 3.32. The minimum atomic E-state index is -0.998. The molecule has 0 fully saturated rings. The van der Waals surface area contributed by atoms with Crippen LogP contribution in [0.15, 0.2) is 71.1 Å². The topological polar surface area (TPSA) is 92.5 Å². The van der Waals surface area contributed by atoms with Crippen LogP contribution in [0, 0.1) is 6.92 Å². The van der Waals surface area contributed by atoms with Gasteiger partial charge in [0.2, 0.25) is 11.8 Å². The molecule has 5 rings (SSSR count).